The Kier molecular flexibility index (Phi) is 5.30. The van der Waals surface area contributed by atoms with Crippen molar-refractivity contribution in [3.8, 4) is 22.8 Å². The van der Waals surface area contributed by atoms with Gasteiger partial charge in [0.1, 0.15) is 5.82 Å². The van der Waals surface area contributed by atoms with E-state index in [0.717, 1.165) is 54.4 Å². The lowest BCUT2D eigenvalue weighted by atomic mass is 9.97. The minimum absolute atomic E-state index is 0.237. The summed E-state index contributed by atoms with van der Waals surface area (Å²) in [4.78, 5) is 2.42. The first-order valence-corrected chi connectivity index (χ1v) is 9.41. The molecule has 0 aliphatic carbocycles. The van der Waals surface area contributed by atoms with Crippen molar-refractivity contribution < 1.29 is 13.9 Å². The average Bonchev–Trinajstić information content (AvgIpc) is 3.38. The highest BCUT2D eigenvalue weighted by Gasteiger charge is 2.28. The molecule has 0 saturated carbocycles. The van der Waals surface area contributed by atoms with Crippen LogP contribution in [0, 0.1) is 5.82 Å². The second-order valence-corrected chi connectivity index (χ2v) is 7.08. The number of rotatable bonds is 6. The van der Waals surface area contributed by atoms with Gasteiger partial charge >= 0.3 is 0 Å². The van der Waals surface area contributed by atoms with Crippen molar-refractivity contribution in [3.05, 3.63) is 65.6 Å². The lowest BCUT2D eigenvalue weighted by Crippen LogP contribution is -2.20. The summed E-state index contributed by atoms with van der Waals surface area (Å²) in [6, 6.07) is 12.6. The molecule has 1 saturated heterocycles. The molecule has 0 spiro atoms. The van der Waals surface area contributed by atoms with Gasteiger partial charge in [0, 0.05) is 35.7 Å². The highest BCUT2D eigenvalue weighted by atomic mass is 19.1. The Morgan fingerprint density at radius 3 is 2.71 bits per heavy atom. The van der Waals surface area contributed by atoms with Crippen LogP contribution in [-0.4, -0.2) is 42.4 Å². The predicted molar refractivity (Wildman–Crippen MR) is 106 cm³/mol. The molecule has 28 heavy (non-hydrogen) atoms. The van der Waals surface area contributed by atoms with Gasteiger partial charge in [-0.15, -0.1) is 0 Å². The quantitative estimate of drug-likeness (QED) is 0.695. The van der Waals surface area contributed by atoms with E-state index in [4.69, 9.17) is 9.47 Å². The van der Waals surface area contributed by atoms with Crippen LogP contribution in [0.1, 0.15) is 23.5 Å². The number of aromatic nitrogens is 2. The number of nitrogens with one attached hydrogen (secondary N) is 1. The molecule has 5 nitrogen and oxygen atoms in total. The number of likely N-dealkylation sites (tertiary alicyclic amines) is 1. The molecule has 6 heteroatoms. The van der Waals surface area contributed by atoms with Crippen LogP contribution >= 0.6 is 0 Å². The molecule has 3 aromatic rings. The maximum Gasteiger partial charge on any atom is 0.164 e. The van der Waals surface area contributed by atoms with Gasteiger partial charge in [-0.3, -0.25) is 10.00 Å². The van der Waals surface area contributed by atoms with Gasteiger partial charge in [0.15, 0.2) is 11.5 Å². The smallest absolute Gasteiger partial charge is 0.164 e. The molecule has 0 unspecified atom stereocenters. The molecule has 1 atom stereocenters. The van der Waals surface area contributed by atoms with Crippen LogP contribution < -0.4 is 9.47 Å². The molecule has 0 radical (unpaired) electrons. The van der Waals surface area contributed by atoms with Crippen molar-refractivity contribution in [2.45, 2.75) is 18.9 Å². The van der Waals surface area contributed by atoms with Gasteiger partial charge in [-0.05, 0) is 43.3 Å². The molecule has 4 rings (SSSR count). The van der Waals surface area contributed by atoms with Gasteiger partial charge in [0.05, 0.1) is 26.1 Å². The Morgan fingerprint density at radius 2 is 1.96 bits per heavy atom. The van der Waals surface area contributed by atoms with E-state index in [1.807, 2.05) is 18.3 Å². The van der Waals surface area contributed by atoms with E-state index < -0.39 is 0 Å². The lowest BCUT2D eigenvalue weighted by molar-refractivity contribution is 0.323. The van der Waals surface area contributed by atoms with Crippen molar-refractivity contribution in [3.63, 3.8) is 0 Å². The Bertz CT molecular complexity index is 939. The average molecular weight is 381 g/mol. The predicted octanol–water partition coefficient (Wildman–Crippen LogP) is 4.22. The monoisotopic (exact) mass is 381 g/mol. The van der Waals surface area contributed by atoms with Gasteiger partial charge in [-0.1, -0.05) is 12.1 Å². The number of H-pyrrole nitrogens is 1. The number of hydrogen-bond donors (Lipinski definition) is 1. The maximum atomic E-state index is 13.2. The van der Waals surface area contributed by atoms with Crippen LogP contribution in [0.15, 0.2) is 48.7 Å². The fourth-order valence-electron chi connectivity index (χ4n) is 4.00. The summed E-state index contributed by atoms with van der Waals surface area (Å²) in [5.41, 5.74) is 4.20. The second-order valence-electron chi connectivity index (χ2n) is 7.08. The first-order valence-electron chi connectivity index (χ1n) is 9.41. The topological polar surface area (TPSA) is 50.4 Å². The van der Waals surface area contributed by atoms with Crippen molar-refractivity contribution in [1.29, 1.82) is 0 Å². The molecule has 0 bridgehead atoms. The number of nitrogens with zero attached hydrogens (tertiary/aromatic N) is 2. The minimum atomic E-state index is -0.237. The molecule has 1 aromatic heterocycles. The third-order valence-corrected chi connectivity index (χ3v) is 5.39. The van der Waals surface area contributed by atoms with Crippen molar-refractivity contribution in [2.75, 3.05) is 27.3 Å². The van der Waals surface area contributed by atoms with Gasteiger partial charge < -0.3 is 9.47 Å². The fourth-order valence-corrected chi connectivity index (χ4v) is 4.00. The summed E-state index contributed by atoms with van der Waals surface area (Å²) in [6.07, 6.45) is 2.92. The number of methoxy groups -OCH3 is 2. The zero-order valence-corrected chi connectivity index (χ0v) is 16.1. The van der Waals surface area contributed by atoms with E-state index in [2.05, 4.69) is 21.2 Å². The van der Waals surface area contributed by atoms with Crippen LogP contribution in [0.25, 0.3) is 11.3 Å². The second kappa shape index (κ2) is 8.02. The SMILES string of the molecule is COc1cccc([C@H]2CCN(Cc3cn[nH]c3-c3ccc(F)cc3)C2)c1OC. The van der Waals surface area contributed by atoms with Gasteiger partial charge in [-0.2, -0.15) is 5.10 Å². The number of ether oxygens (including phenoxy) is 2. The van der Waals surface area contributed by atoms with Crippen molar-refractivity contribution in [1.82, 2.24) is 15.1 Å². The van der Waals surface area contributed by atoms with Crippen LogP contribution in [-0.2, 0) is 6.54 Å². The normalized spacial score (nSPS) is 17.0. The standard InChI is InChI=1S/C22H24FN3O2/c1-27-20-5-3-4-19(22(20)28-2)16-10-11-26(13-16)14-17-12-24-25-21(17)15-6-8-18(23)9-7-15/h3-9,12,16H,10-11,13-14H2,1-2H3,(H,24,25)/t16-/m0/s1. The summed E-state index contributed by atoms with van der Waals surface area (Å²) in [6.45, 7) is 2.74. The van der Waals surface area contributed by atoms with Crippen molar-refractivity contribution in [2.24, 2.45) is 0 Å². The number of halogens is 1. The Morgan fingerprint density at radius 1 is 1.14 bits per heavy atom. The van der Waals surface area contributed by atoms with Gasteiger partial charge in [0.25, 0.3) is 0 Å². The lowest BCUT2D eigenvalue weighted by Gasteiger charge is -2.19. The summed E-state index contributed by atoms with van der Waals surface area (Å²) in [5.74, 6) is 1.75. The Balaban J connectivity index is 1.50. The number of para-hydroxylation sites is 1. The van der Waals surface area contributed by atoms with Gasteiger partial charge in [-0.25, -0.2) is 4.39 Å². The van der Waals surface area contributed by atoms with Crippen LogP contribution in [0.5, 0.6) is 11.5 Å². The zero-order chi connectivity index (χ0) is 19.5. The zero-order valence-electron chi connectivity index (χ0n) is 16.1. The highest BCUT2D eigenvalue weighted by molar-refractivity contribution is 5.62. The van der Waals surface area contributed by atoms with E-state index in [9.17, 15) is 4.39 Å². The molecular formula is C22H24FN3O2. The third-order valence-electron chi connectivity index (χ3n) is 5.39. The summed E-state index contributed by atoms with van der Waals surface area (Å²) in [5, 5.41) is 7.26. The van der Waals surface area contributed by atoms with Crippen LogP contribution in [0.4, 0.5) is 4.39 Å². The van der Waals surface area contributed by atoms with E-state index in [0.29, 0.717) is 5.92 Å². The number of hydrogen-bond acceptors (Lipinski definition) is 4. The molecule has 1 N–H and O–H groups in total. The Labute approximate surface area is 164 Å². The first kappa shape index (κ1) is 18.5. The molecule has 1 aliphatic rings. The van der Waals surface area contributed by atoms with E-state index >= 15 is 0 Å². The summed E-state index contributed by atoms with van der Waals surface area (Å²) >= 11 is 0. The third kappa shape index (κ3) is 3.60. The summed E-state index contributed by atoms with van der Waals surface area (Å²) < 4.78 is 24.3. The molecule has 2 aromatic carbocycles. The van der Waals surface area contributed by atoms with Gasteiger partial charge in [0.2, 0.25) is 0 Å². The molecule has 1 fully saturated rings. The molecular weight excluding hydrogens is 357 g/mol. The first-order chi connectivity index (χ1) is 13.7. The molecule has 1 aliphatic heterocycles. The van der Waals surface area contributed by atoms with E-state index in [1.54, 1.807) is 26.4 Å². The van der Waals surface area contributed by atoms with E-state index in [-0.39, 0.29) is 5.82 Å². The largest absolute Gasteiger partial charge is 0.493 e. The number of benzene rings is 2. The molecule has 2 heterocycles. The van der Waals surface area contributed by atoms with E-state index in [1.165, 1.54) is 17.7 Å². The van der Waals surface area contributed by atoms with Crippen LogP contribution in [0.2, 0.25) is 0 Å². The van der Waals surface area contributed by atoms with Crippen molar-refractivity contribution >= 4 is 0 Å². The maximum absolute atomic E-state index is 13.2. The number of aromatic amines is 1. The molecule has 0 amide bonds. The minimum Gasteiger partial charge on any atom is -0.493 e. The fraction of sp³-hybridized carbons (Fsp3) is 0.318. The summed E-state index contributed by atoms with van der Waals surface area (Å²) in [7, 11) is 3.35. The van der Waals surface area contributed by atoms with Crippen LogP contribution in [0.3, 0.4) is 0 Å². The Hall–Kier alpha value is -2.86. The highest BCUT2D eigenvalue weighted by Crippen LogP contribution is 2.39. The molecule has 146 valence electrons.